The fourth-order valence-corrected chi connectivity index (χ4v) is 3.06. The molecule has 9 nitrogen and oxygen atoms in total. The van der Waals surface area contributed by atoms with E-state index in [9.17, 15) is 22.8 Å². The molecule has 2 amide bonds. The van der Waals surface area contributed by atoms with Crippen LogP contribution in [0.4, 0.5) is 13.2 Å². The predicted molar refractivity (Wildman–Crippen MR) is 107 cm³/mol. The van der Waals surface area contributed by atoms with Gasteiger partial charge in [0.25, 0.3) is 17.5 Å². The third kappa shape index (κ3) is 5.13. The molecule has 2 aromatic heterocycles. The molecule has 0 aliphatic heterocycles. The number of nitrogens with one attached hydrogen (secondary N) is 2. The maximum Gasteiger partial charge on any atom is 0.453 e. The topological polar surface area (TPSA) is 111 Å². The first-order valence-corrected chi connectivity index (χ1v) is 9.72. The van der Waals surface area contributed by atoms with Crippen LogP contribution in [0.1, 0.15) is 46.5 Å². The monoisotopic (exact) mass is 450 g/mol. The number of ether oxygens (including phenoxy) is 1. The van der Waals surface area contributed by atoms with Crippen LogP contribution in [0.3, 0.4) is 0 Å². The molecule has 0 spiro atoms. The Hall–Kier alpha value is -3.70. The van der Waals surface area contributed by atoms with Gasteiger partial charge in [0.15, 0.2) is 0 Å². The van der Waals surface area contributed by atoms with Gasteiger partial charge in [-0.15, -0.1) is 5.10 Å². The minimum Gasteiger partial charge on any atom is -0.494 e. The van der Waals surface area contributed by atoms with Gasteiger partial charge in [-0.25, -0.2) is 9.50 Å². The Labute approximate surface area is 181 Å². The summed E-state index contributed by atoms with van der Waals surface area (Å²) < 4.78 is 45.0. The normalized spacial score (nSPS) is 11.4. The average molecular weight is 450 g/mol. The molecular formula is C20H21F3N6O3. The Kier molecular flexibility index (Phi) is 6.61. The molecule has 2 heterocycles. The smallest absolute Gasteiger partial charge is 0.453 e. The van der Waals surface area contributed by atoms with Gasteiger partial charge in [0.05, 0.1) is 6.61 Å². The van der Waals surface area contributed by atoms with Crippen LogP contribution in [0.25, 0.3) is 5.78 Å². The largest absolute Gasteiger partial charge is 0.494 e. The first-order valence-electron chi connectivity index (χ1n) is 9.72. The number of halogens is 3. The van der Waals surface area contributed by atoms with Gasteiger partial charge in [-0.3, -0.25) is 20.4 Å². The minimum absolute atomic E-state index is 0.0285. The lowest BCUT2D eigenvalue weighted by molar-refractivity contribution is -0.144. The lowest BCUT2D eigenvalue weighted by atomic mass is 10.1. The van der Waals surface area contributed by atoms with Gasteiger partial charge in [0.2, 0.25) is 5.91 Å². The summed E-state index contributed by atoms with van der Waals surface area (Å²) in [6.07, 6.45) is -4.53. The summed E-state index contributed by atoms with van der Waals surface area (Å²) in [6.45, 7) is 5.55. The second-order valence-electron chi connectivity index (χ2n) is 6.87. The Balaban J connectivity index is 1.61. The molecule has 12 heteroatoms. The van der Waals surface area contributed by atoms with E-state index in [1.165, 1.54) is 0 Å². The van der Waals surface area contributed by atoms with E-state index in [-0.39, 0.29) is 18.6 Å². The Morgan fingerprint density at radius 1 is 1.09 bits per heavy atom. The fourth-order valence-electron chi connectivity index (χ4n) is 3.06. The quantitative estimate of drug-likeness (QED) is 0.559. The van der Waals surface area contributed by atoms with E-state index in [0.717, 1.165) is 4.52 Å². The van der Waals surface area contributed by atoms with Gasteiger partial charge in [0.1, 0.15) is 5.75 Å². The lowest BCUT2D eigenvalue weighted by Gasteiger charge is -2.11. The van der Waals surface area contributed by atoms with E-state index < -0.39 is 23.8 Å². The molecule has 32 heavy (non-hydrogen) atoms. The fraction of sp³-hybridized carbons (Fsp3) is 0.350. The van der Waals surface area contributed by atoms with Crippen molar-refractivity contribution in [2.75, 3.05) is 6.61 Å². The number of carbonyl (C=O) groups excluding carboxylic acids is 2. The van der Waals surface area contributed by atoms with Gasteiger partial charge in [0, 0.05) is 23.4 Å². The van der Waals surface area contributed by atoms with Crippen LogP contribution >= 0.6 is 0 Å². The van der Waals surface area contributed by atoms with Crippen molar-refractivity contribution in [3.05, 3.63) is 52.6 Å². The number of carbonyl (C=O) groups is 2. The van der Waals surface area contributed by atoms with Crippen molar-refractivity contribution >= 4 is 17.6 Å². The van der Waals surface area contributed by atoms with Crippen molar-refractivity contribution in [3.63, 3.8) is 0 Å². The summed E-state index contributed by atoms with van der Waals surface area (Å²) in [5, 5.41) is 3.47. The molecule has 0 aliphatic rings. The molecule has 3 rings (SSSR count). The first-order chi connectivity index (χ1) is 15.1. The van der Waals surface area contributed by atoms with Crippen molar-refractivity contribution in [2.24, 2.45) is 0 Å². The molecule has 1 aromatic carbocycles. The summed E-state index contributed by atoms with van der Waals surface area (Å²) >= 11 is 0. The number of aromatic nitrogens is 4. The maximum absolute atomic E-state index is 12.9. The van der Waals surface area contributed by atoms with Gasteiger partial charge >= 0.3 is 6.18 Å². The van der Waals surface area contributed by atoms with E-state index in [0.29, 0.717) is 34.9 Å². The first kappa shape index (κ1) is 23.0. The molecule has 0 unspecified atom stereocenters. The Bertz CT molecular complexity index is 1140. The second-order valence-corrected chi connectivity index (χ2v) is 6.87. The summed E-state index contributed by atoms with van der Waals surface area (Å²) in [7, 11) is 0. The molecule has 0 atom stereocenters. The number of benzene rings is 1. The van der Waals surface area contributed by atoms with Crippen LogP contribution in [0, 0.1) is 13.8 Å². The summed E-state index contributed by atoms with van der Waals surface area (Å²) in [5.74, 6) is -1.79. The van der Waals surface area contributed by atoms with E-state index in [2.05, 4.69) is 25.9 Å². The molecule has 0 radical (unpaired) electrons. The Morgan fingerprint density at radius 3 is 2.41 bits per heavy atom. The molecule has 2 N–H and O–H groups in total. The number of alkyl halides is 3. The van der Waals surface area contributed by atoms with Crippen molar-refractivity contribution in [3.8, 4) is 5.75 Å². The predicted octanol–water partition coefficient (Wildman–Crippen LogP) is 2.55. The highest BCUT2D eigenvalue weighted by Gasteiger charge is 2.37. The van der Waals surface area contributed by atoms with Crippen molar-refractivity contribution < 1.29 is 27.5 Å². The zero-order valence-corrected chi connectivity index (χ0v) is 17.6. The highest BCUT2D eigenvalue weighted by Crippen LogP contribution is 2.27. The Morgan fingerprint density at radius 2 is 1.78 bits per heavy atom. The third-order valence-electron chi connectivity index (χ3n) is 4.65. The van der Waals surface area contributed by atoms with Gasteiger partial charge in [-0.05, 0) is 57.0 Å². The molecule has 3 aromatic rings. The van der Waals surface area contributed by atoms with E-state index in [1.807, 2.05) is 6.92 Å². The molecule has 0 bridgehead atoms. The summed E-state index contributed by atoms with van der Waals surface area (Å²) in [5.41, 5.74) is 6.39. The molecule has 0 saturated carbocycles. The number of amides is 2. The number of hydrogen-bond acceptors (Lipinski definition) is 6. The zero-order chi connectivity index (χ0) is 23.5. The van der Waals surface area contributed by atoms with Gasteiger partial charge in [-0.2, -0.15) is 18.2 Å². The van der Waals surface area contributed by atoms with Crippen LogP contribution in [0.2, 0.25) is 0 Å². The van der Waals surface area contributed by atoms with Crippen molar-refractivity contribution in [2.45, 2.75) is 39.8 Å². The van der Waals surface area contributed by atoms with Crippen LogP contribution in [-0.4, -0.2) is 38.0 Å². The molecular weight excluding hydrogens is 429 g/mol. The summed E-state index contributed by atoms with van der Waals surface area (Å²) in [6, 6.07) is 6.41. The van der Waals surface area contributed by atoms with Gasteiger partial charge in [-0.1, -0.05) is 0 Å². The van der Waals surface area contributed by atoms with Crippen molar-refractivity contribution in [1.29, 1.82) is 0 Å². The molecule has 0 aliphatic carbocycles. The second kappa shape index (κ2) is 9.20. The van der Waals surface area contributed by atoms with E-state index in [1.54, 1.807) is 38.1 Å². The SMILES string of the molecule is CCOc1ccc(C(=O)NNC(=O)CCc2c(C)nc3nc(C(F)(F)F)nn3c2C)cc1. The third-order valence-corrected chi connectivity index (χ3v) is 4.65. The highest BCUT2D eigenvalue weighted by molar-refractivity contribution is 5.95. The van der Waals surface area contributed by atoms with Crippen molar-refractivity contribution in [1.82, 2.24) is 30.4 Å². The number of hydrazine groups is 1. The summed E-state index contributed by atoms with van der Waals surface area (Å²) in [4.78, 5) is 31.8. The van der Waals surface area contributed by atoms with E-state index >= 15 is 0 Å². The van der Waals surface area contributed by atoms with Crippen LogP contribution in [0.15, 0.2) is 24.3 Å². The van der Waals surface area contributed by atoms with E-state index in [4.69, 9.17) is 4.74 Å². The number of nitrogens with zero attached hydrogens (tertiary/aromatic N) is 4. The number of hydrogen-bond donors (Lipinski definition) is 2. The highest BCUT2D eigenvalue weighted by atomic mass is 19.4. The molecule has 0 saturated heterocycles. The number of aryl methyl sites for hydroxylation is 2. The number of fused-ring (bicyclic) bond motifs is 1. The maximum atomic E-state index is 12.9. The minimum atomic E-state index is -4.68. The molecule has 0 fully saturated rings. The van der Waals surface area contributed by atoms with Crippen LogP contribution in [-0.2, 0) is 17.4 Å². The van der Waals surface area contributed by atoms with Crippen LogP contribution in [0.5, 0.6) is 5.75 Å². The van der Waals surface area contributed by atoms with Gasteiger partial charge < -0.3 is 4.74 Å². The average Bonchev–Trinajstić information content (AvgIpc) is 3.17. The number of rotatable bonds is 6. The lowest BCUT2D eigenvalue weighted by Crippen LogP contribution is -2.41. The molecule has 170 valence electrons. The van der Waals surface area contributed by atoms with Crippen LogP contribution < -0.4 is 15.6 Å². The standard InChI is InChI=1S/C20H21F3N6O3/c1-4-32-14-7-5-13(6-8-14)17(31)27-26-16(30)10-9-15-11(2)24-19-25-18(20(21,22)23)28-29(19)12(15)3/h5-8H,4,9-10H2,1-3H3,(H,26,30)(H,27,31). The zero-order valence-electron chi connectivity index (χ0n) is 17.6.